The molecule has 0 radical (unpaired) electrons. The minimum Gasteiger partial charge on any atom is -0.467 e. The van der Waals surface area contributed by atoms with Crippen molar-refractivity contribution >= 4 is 23.4 Å². The third kappa shape index (κ3) is 3.59. The molecule has 0 bridgehead atoms. The average molecular weight is 443 g/mol. The third-order valence-electron chi connectivity index (χ3n) is 5.39. The van der Waals surface area contributed by atoms with Crippen LogP contribution in [0.1, 0.15) is 48.1 Å². The first-order chi connectivity index (χ1) is 15.9. The van der Waals surface area contributed by atoms with Crippen molar-refractivity contribution in [3.05, 3.63) is 105 Å². The molecule has 0 fully saturated rings. The maximum absolute atomic E-state index is 12.7. The van der Waals surface area contributed by atoms with E-state index < -0.39 is 17.8 Å². The minimum absolute atomic E-state index is 0.00170. The highest BCUT2D eigenvalue weighted by atomic mass is 16.5. The summed E-state index contributed by atoms with van der Waals surface area (Å²) in [5, 5.41) is 0. The molecule has 0 atom stereocenters. The Morgan fingerprint density at radius 3 is 2.64 bits per heavy atom. The topological polar surface area (TPSA) is 111 Å². The number of imide groups is 1. The number of carbonyl (C=O) groups excluding carboxylic acids is 3. The van der Waals surface area contributed by atoms with Gasteiger partial charge in [0.2, 0.25) is 0 Å². The number of aromatic nitrogens is 2. The average Bonchev–Trinajstić information content (AvgIpc) is 3.41. The van der Waals surface area contributed by atoms with Crippen molar-refractivity contribution in [2.24, 2.45) is 0 Å². The van der Waals surface area contributed by atoms with Crippen LogP contribution in [0.4, 0.5) is 0 Å². The summed E-state index contributed by atoms with van der Waals surface area (Å²) in [7, 11) is 0. The van der Waals surface area contributed by atoms with Crippen LogP contribution in [0.2, 0.25) is 0 Å². The summed E-state index contributed by atoms with van der Waals surface area (Å²) >= 11 is 0. The smallest absolute Gasteiger partial charge is 0.338 e. The molecule has 9 nitrogen and oxygen atoms in total. The first-order valence-electron chi connectivity index (χ1n) is 10.1. The molecule has 1 aliphatic heterocycles. The Morgan fingerprint density at radius 1 is 1.03 bits per heavy atom. The van der Waals surface area contributed by atoms with Crippen LogP contribution in [0.3, 0.4) is 0 Å². The number of amides is 2. The number of hydrogen-bond donors (Lipinski definition) is 0. The highest BCUT2D eigenvalue weighted by Crippen LogP contribution is 2.26. The molecule has 4 heterocycles. The number of hydrogen-bond acceptors (Lipinski definition) is 7. The van der Waals surface area contributed by atoms with Crippen molar-refractivity contribution in [2.45, 2.75) is 20.1 Å². The van der Waals surface area contributed by atoms with E-state index in [1.807, 2.05) is 13.0 Å². The Hall–Kier alpha value is -4.53. The predicted molar refractivity (Wildman–Crippen MR) is 115 cm³/mol. The third-order valence-corrected chi connectivity index (χ3v) is 5.39. The fourth-order valence-electron chi connectivity index (χ4n) is 3.73. The van der Waals surface area contributed by atoms with Crippen LogP contribution in [0.25, 0.3) is 5.65 Å². The first-order valence-corrected chi connectivity index (χ1v) is 10.1. The number of furan rings is 1. The van der Waals surface area contributed by atoms with Crippen LogP contribution in [0, 0.1) is 6.92 Å². The van der Waals surface area contributed by atoms with Crippen molar-refractivity contribution in [3.8, 4) is 0 Å². The fourth-order valence-corrected chi connectivity index (χ4v) is 3.73. The monoisotopic (exact) mass is 443 g/mol. The molecule has 0 saturated carbocycles. The summed E-state index contributed by atoms with van der Waals surface area (Å²) in [6.07, 6.45) is 3.08. The zero-order valence-corrected chi connectivity index (χ0v) is 17.5. The van der Waals surface area contributed by atoms with Crippen LogP contribution in [0.5, 0.6) is 0 Å². The van der Waals surface area contributed by atoms with Gasteiger partial charge in [0, 0.05) is 12.3 Å². The minimum atomic E-state index is -0.700. The van der Waals surface area contributed by atoms with Gasteiger partial charge in [-0.3, -0.25) is 23.7 Å². The zero-order valence-electron chi connectivity index (χ0n) is 17.5. The molecule has 0 N–H and O–H groups in total. The Morgan fingerprint density at radius 2 is 1.85 bits per heavy atom. The van der Waals surface area contributed by atoms with Gasteiger partial charge >= 0.3 is 5.97 Å². The molecule has 5 rings (SSSR count). The highest BCUT2D eigenvalue weighted by molar-refractivity contribution is 6.21. The van der Waals surface area contributed by atoms with Crippen LogP contribution < -0.4 is 5.56 Å². The van der Waals surface area contributed by atoms with Crippen molar-refractivity contribution in [3.63, 3.8) is 0 Å². The molecule has 164 valence electrons. The number of aryl methyl sites for hydroxylation is 1. The maximum atomic E-state index is 12.7. The molecule has 9 heteroatoms. The van der Waals surface area contributed by atoms with E-state index in [-0.39, 0.29) is 35.4 Å². The van der Waals surface area contributed by atoms with Crippen LogP contribution in [-0.2, 0) is 17.9 Å². The molecular formula is C24H17N3O6. The van der Waals surface area contributed by atoms with Gasteiger partial charge in [-0.25, -0.2) is 9.78 Å². The number of fused-ring (bicyclic) bond motifs is 2. The number of rotatable bonds is 5. The van der Waals surface area contributed by atoms with Gasteiger partial charge < -0.3 is 9.15 Å². The van der Waals surface area contributed by atoms with Gasteiger partial charge in [0.15, 0.2) is 0 Å². The van der Waals surface area contributed by atoms with E-state index in [2.05, 4.69) is 4.98 Å². The Labute approximate surface area is 186 Å². The summed E-state index contributed by atoms with van der Waals surface area (Å²) in [5.74, 6) is -1.20. The molecule has 4 aromatic rings. The van der Waals surface area contributed by atoms with Crippen LogP contribution in [-0.4, -0.2) is 32.1 Å². The second-order valence-corrected chi connectivity index (χ2v) is 7.58. The molecule has 0 unspecified atom stereocenters. The summed E-state index contributed by atoms with van der Waals surface area (Å²) < 4.78 is 12.0. The van der Waals surface area contributed by atoms with E-state index in [0.29, 0.717) is 17.1 Å². The molecule has 0 aliphatic carbocycles. The number of esters is 1. The summed E-state index contributed by atoms with van der Waals surface area (Å²) in [6.45, 7) is 1.62. The summed E-state index contributed by atoms with van der Waals surface area (Å²) in [4.78, 5) is 55.7. The van der Waals surface area contributed by atoms with E-state index in [9.17, 15) is 19.2 Å². The molecule has 2 amide bonds. The van der Waals surface area contributed by atoms with Gasteiger partial charge in [-0.15, -0.1) is 0 Å². The van der Waals surface area contributed by atoms with E-state index in [1.165, 1.54) is 34.9 Å². The standard InChI is InChI=1S/C24H17N3O6/c1-14-4-2-8-26-20(28)11-16(25-21(14)26)13-33-24(31)15-6-7-18-19(10-15)23(30)27(22(18)29)12-17-5-3-9-32-17/h2-11H,12-13H2,1H3. The van der Waals surface area contributed by atoms with Gasteiger partial charge in [-0.05, 0) is 48.9 Å². The number of benzene rings is 1. The van der Waals surface area contributed by atoms with Gasteiger partial charge in [0.25, 0.3) is 17.4 Å². The van der Waals surface area contributed by atoms with E-state index in [1.54, 1.807) is 24.4 Å². The second kappa shape index (κ2) is 7.86. The van der Waals surface area contributed by atoms with Crippen molar-refractivity contribution in [2.75, 3.05) is 0 Å². The molecule has 0 saturated heterocycles. The number of pyridine rings is 1. The SMILES string of the molecule is Cc1cccn2c(=O)cc(COC(=O)c3ccc4c(c3)C(=O)N(Cc3ccco3)C4=O)nc12. The zero-order chi connectivity index (χ0) is 23.1. The van der Waals surface area contributed by atoms with Crippen molar-refractivity contribution in [1.82, 2.24) is 14.3 Å². The molecule has 0 spiro atoms. The lowest BCUT2D eigenvalue weighted by atomic mass is 10.1. The molecule has 1 aliphatic rings. The number of carbonyl (C=O) groups is 3. The molecule has 33 heavy (non-hydrogen) atoms. The van der Waals surface area contributed by atoms with E-state index in [0.717, 1.165) is 10.5 Å². The quantitative estimate of drug-likeness (QED) is 0.344. The summed E-state index contributed by atoms with van der Waals surface area (Å²) in [6, 6.07) is 12.4. The Balaban J connectivity index is 1.34. The first kappa shape index (κ1) is 20.4. The molecule has 1 aromatic carbocycles. The summed E-state index contributed by atoms with van der Waals surface area (Å²) in [5.41, 5.74) is 1.76. The van der Waals surface area contributed by atoms with Gasteiger partial charge in [-0.1, -0.05) is 6.07 Å². The van der Waals surface area contributed by atoms with Crippen LogP contribution in [0.15, 0.2) is 70.2 Å². The lowest BCUT2D eigenvalue weighted by Crippen LogP contribution is -2.28. The van der Waals surface area contributed by atoms with E-state index >= 15 is 0 Å². The number of nitrogens with zero attached hydrogens (tertiary/aromatic N) is 3. The lowest BCUT2D eigenvalue weighted by molar-refractivity contribution is 0.0467. The maximum Gasteiger partial charge on any atom is 0.338 e. The van der Waals surface area contributed by atoms with Crippen molar-refractivity contribution < 1.29 is 23.5 Å². The van der Waals surface area contributed by atoms with Gasteiger partial charge in [0.05, 0.1) is 35.2 Å². The normalized spacial score (nSPS) is 12.9. The lowest BCUT2D eigenvalue weighted by Gasteiger charge is -2.11. The van der Waals surface area contributed by atoms with Crippen LogP contribution >= 0.6 is 0 Å². The second-order valence-electron chi connectivity index (χ2n) is 7.58. The Bertz CT molecular complexity index is 1490. The highest BCUT2D eigenvalue weighted by Gasteiger charge is 2.36. The van der Waals surface area contributed by atoms with Gasteiger partial charge in [-0.2, -0.15) is 0 Å². The fraction of sp³-hybridized carbons (Fsp3) is 0.125. The molecule has 3 aromatic heterocycles. The Kier molecular flexibility index (Phi) is 4.86. The largest absolute Gasteiger partial charge is 0.467 e. The predicted octanol–water partition coefficient (Wildman–Crippen LogP) is 2.75. The molecular weight excluding hydrogens is 426 g/mol. The van der Waals surface area contributed by atoms with Crippen molar-refractivity contribution in [1.29, 1.82) is 0 Å². The van der Waals surface area contributed by atoms with E-state index in [4.69, 9.17) is 9.15 Å². The van der Waals surface area contributed by atoms with Gasteiger partial charge in [0.1, 0.15) is 18.0 Å². The number of ether oxygens (including phenoxy) is 1.